The molecule has 0 aliphatic rings. The van der Waals surface area contributed by atoms with Crippen molar-refractivity contribution in [2.45, 2.75) is 23.9 Å². The smallest absolute Gasteiger partial charge is 0.330 e. The van der Waals surface area contributed by atoms with Crippen LogP contribution in [0.1, 0.15) is 27.5 Å². The average molecular weight is 543 g/mol. The number of esters is 1. The number of non-ortho nitro benzene ring substituents is 2. The van der Waals surface area contributed by atoms with Gasteiger partial charge in [-0.05, 0) is 24.6 Å². The summed E-state index contributed by atoms with van der Waals surface area (Å²) >= 11 is 0. The molecular weight excluding hydrogens is 520 g/mol. The van der Waals surface area contributed by atoms with Crippen LogP contribution < -0.4 is 10.0 Å². The van der Waals surface area contributed by atoms with E-state index >= 15 is 0 Å². The molecule has 0 saturated heterocycles. The molecule has 2 atom stereocenters. The quantitative estimate of drug-likeness (QED) is 0.220. The van der Waals surface area contributed by atoms with Crippen molar-refractivity contribution in [3.63, 3.8) is 0 Å². The number of nitro groups is 2. The molecule has 0 heterocycles. The Kier molecular flexibility index (Phi) is 8.50. The topological polar surface area (TPSA) is 188 Å². The number of nitrogens with zero attached hydrogens (tertiary/aromatic N) is 2. The van der Waals surface area contributed by atoms with Crippen LogP contribution in [0.2, 0.25) is 0 Å². The largest absolute Gasteiger partial charge is 0.467 e. The zero-order valence-corrected chi connectivity index (χ0v) is 20.9. The number of aryl methyl sites for hydroxylation is 1. The third-order valence-electron chi connectivity index (χ3n) is 5.43. The Bertz CT molecular complexity index is 1440. The van der Waals surface area contributed by atoms with Gasteiger partial charge in [-0.15, -0.1) is 0 Å². The van der Waals surface area contributed by atoms with Crippen LogP contribution in [-0.4, -0.2) is 43.3 Å². The lowest BCUT2D eigenvalue weighted by Crippen LogP contribution is -2.51. The minimum atomic E-state index is -4.24. The van der Waals surface area contributed by atoms with E-state index in [-0.39, 0.29) is 10.5 Å². The number of hydrogen-bond acceptors (Lipinski definition) is 9. The second-order valence-corrected chi connectivity index (χ2v) is 9.76. The molecule has 2 unspecified atom stereocenters. The first-order valence-electron chi connectivity index (χ1n) is 10.9. The Hall–Kier alpha value is -4.69. The fraction of sp³-hybridized carbons (Fsp3) is 0.167. The summed E-state index contributed by atoms with van der Waals surface area (Å²) in [5.41, 5.74) is -0.844. The predicted molar refractivity (Wildman–Crippen MR) is 134 cm³/mol. The van der Waals surface area contributed by atoms with Crippen LogP contribution in [0.3, 0.4) is 0 Å². The molecule has 0 spiro atoms. The number of nitro benzene ring substituents is 2. The third-order valence-corrected chi connectivity index (χ3v) is 6.89. The van der Waals surface area contributed by atoms with Gasteiger partial charge in [-0.25, -0.2) is 17.9 Å². The van der Waals surface area contributed by atoms with E-state index in [4.69, 9.17) is 4.74 Å². The van der Waals surface area contributed by atoms with Crippen LogP contribution in [-0.2, 0) is 19.6 Å². The van der Waals surface area contributed by atoms with Crippen molar-refractivity contribution in [1.29, 1.82) is 0 Å². The second kappa shape index (κ2) is 11.6. The van der Waals surface area contributed by atoms with E-state index in [0.29, 0.717) is 6.07 Å². The molecule has 0 aliphatic carbocycles. The highest BCUT2D eigenvalue weighted by Crippen LogP contribution is 2.25. The summed E-state index contributed by atoms with van der Waals surface area (Å²) in [6, 6.07) is 13.0. The van der Waals surface area contributed by atoms with Gasteiger partial charge < -0.3 is 10.1 Å². The summed E-state index contributed by atoms with van der Waals surface area (Å²) in [7, 11) is -3.21. The molecule has 0 aliphatic heterocycles. The molecule has 1 amide bonds. The van der Waals surface area contributed by atoms with E-state index in [1.807, 2.05) is 0 Å². The first kappa shape index (κ1) is 27.9. The van der Waals surface area contributed by atoms with Crippen molar-refractivity contribution in [1.82, 2.24) is 10.0 Å². The number of benzene rings is 3. The van der Waals surface area contributed by atoms with Gasteiger partial charge >= 0.3 is 5.97 Å². The highest BCUT2D eigenvalue weighted by atomic mass is 32.2. The van der Waals surface area contributed by atoms with E-state index in [9.17, 15) is 38.2 Å². The lowest BCUT2D eigenvalue weighted by Gasteiger charge is -2.27. The molecule has 2 N–H and O–H groups in total. The molecule has 3 aromatic rings. The van der Waals surface area contributed by atoms with E-state index in [2.05, 4.69) is 10.0 Å². The Morgan fingerprint density at radius 2 is 1.45 bits per heavy atom. The molecule has 0 saturated carbocycles. The van der Waals surface area contributed by atoms with Crippen molar-refractivity contribution >= 4 is 33.3 Å². The molecule has 3 rings (SSSR count). The summed E-state index contributed by atoms with van der Waals surface area (Å²) in [4.78, 5) is 46.5. The second-order valence-electron chi connectivity index (χ2n) is 8.05. The van der Waals surface area contributed by atoms with Gasteiger partial charge in [0.05, 0.1) is 39.5 Å². The highest BCUT2D eigenvalue weighted by molar-refractivity contribution is 7.89. The van der Waals surface area contributed by atoms with E-state index in [1.54, 1.807) is 37.3 Å². The standard InChI is InChI=1S/C24H22N4O9S/c1-15-8-10-20(11-9-15)38(35,36)26-21(16-6-4-3-5-7-16)22(24(30)37-2)25-23(29)17-12-18(27(31)32)14-19(13-17)28(33)34/h3-14,21-22,26H,1-2H3,(H,25,29). The fourth-order valence-electron chi connectivity index (χ4n) is 3.51. The molecule has 14 heteroatoms. The van der Waals surface area contributed by atoms with Crippen LogP contribution in [0.25, 0.3) is 0 Å². The van der Waals surface area contributed by atoms with Gasteiger partial charge in [-0.1, -0.05) is 48.0 Å². The minimum Gasteiger partial charge on any atom is -0.467 e. The highest BCUT2D eigenvalue weighted by Gasteiger charge is 2.36. The van der Waals surface area contributed by atoms with Crippen LogP contribution >= 0.6 is 0 Å². The fourth-order valence-corrected chi connectivity index (χ4v) is 4.75. The third kappa shape index (κ3) is 6.54. The number of rotatable bonds is 10. The first-order valence-corrected chi connectivity index (χ1v) is 12.4. The normalized spacial score (nSPS) is 12.7. The molecule has 0 aromatic heterocycles. The van der Waals surface area contributed by atoms with Crippen molar-refractivity contribution in [3.05, 3.63) is 110 Å². The maximum absolute atomic E-state index is 13.2. The van der Waals surface area contributed by atoms with E-state index in [1.165, 1.54) is 24.3 Å². The van der Waals surface area contributed by atoms with Gasteiger partial charge in [0.1, 0.15) is 6.04 Å². The number of ether oxygens (including phenoxy) is 1. The maximum Gasteiger partial charge on any atom is 0.330 e. The Morgan fingerprint density at radius 1 is 0.895 bits per heavy atom. The van der Waals surface area contributed by atoms with E-state index in [0.717, 1.165) is 24.8 Å². The summed E-state index contributed by atoms with van der Waals surface area (Å²) in [5, 5.41) is 24.8. The minimum absolute atomic E-state index is 0.103. The number of carbonyl (C=O) groups excluding carboxylic acids is 2. The summed E-state index contributed by atoms with van der Waals surface area (Å²) in [6.07, 6.45) is 0. The maximum atomic E-state index is 13.2. The lowest BCUT2D eigenvalue weighted by molar-refractivity contribution is -0.394. The van der Waals surface area contributed by atoms with E-state index < -0.39 is 60.8 Å². The average Bonchev–Trinajstić information content (AvgIpc) is 2.90. The van der Waals surface area contributed by atoms with Crippen LogP contribution in [0.5, 0.6) is 0 Å². The number of nitrogens with one attached hydrogen (secondary N) is 2. The monoisotopic (exact) mass is 542 g/mol. The van der Waals surface area contributed by atoms with Gasteiger partial charge in [0, 0.05) is 12.1 Å². The molecule has 13 nitrogen and oxygen atoms in total. The molecular formula is C24H22N4O9S. The van der Waals surface area contributed by atoms with Gasteiger partial charge in [0.2, 0.25) is 10.0 Å². The lowest BCUT2D eigenvalue weighted by atomic mass is 9.99. The molecule has 198 valence electrons. The van der Waals surface area contributed by atoms with Crippen LogP contribution in [0, 0.1) is 27.2 Å². The first-order chi connectivity index (χ1) is 17.9. The number of hydrogen-bond donors (Lipinski definition) is 2. The van der Waals surface area contributed by atoms with Crippen molar-refractivity contribution in [2.75, 3.05) is 7.11 Å². The zero-order valence-electron chi connectivity index (χ0n) is 20.1. The van der Waals surface area contributed by atoms with Gasteiger partial charge in [-0.2, -0.15) is 0 Å². The Morgan fingerprint density at radius 3 is 1.95 bits per heavy atom. The number of methoxy groups -OCH3 is 1. The molecule has 0 radical (unpaired) electrons. The van der Waals surface area contributed by atoms with Gasteiger partial charge in [0.15, 0.2) is 0 Å². The van der Waals surface area contributed by atoms with Crippen LogP contribution in [0.15, 0.2) is 77.7 Å². The Labute approximate surface area is 216 Å². The molecule has 0 fully saturated rings. The number of sulfonamides is 1. The predicted octanol–water partition coefficient (Wildman–Crippen LogP) is 2.80. The summed E-state index contributed by atoms with van der Waals surface area (Å²) in [6.45, 7) is 1.78. The van der Waals surface area contributed by atoms with Gasteiger partial charge in [0.25, 0.3) is 17.3 Å². The number of carbonyl (C=O) groups is 2. The summed E-state index contributed by atoms with van der Waals surface area (Å²) in [5.74, 6) is -2.15. The van der Waals surface area contributed by atoms with Crippen molar-refractivity contribution in [2.24, 2.45) is 0 Å². The Balaban J connectivity index is 2.06. The molecule has 3 aromatic carbocycles. The van der Waals surface area contributed by atoms with Crippen molar-refractivity contribution < 1.29 is 32.6 Å². The summed E-state index contributed by atoms with van der Waals surface area (Å²) < 4.78 is 33.6. The molecule has 38 heavy (non-hydrogen) atoms. The van der Waals surface area contributed by atoms with Gasteiger partial charge in [-0.3, -0.25) is 25.0 Å². The molecule has 0 bridgehead atoms. The SMILES string of the molecule is COC(=O)C(NC(=O)c1cc([N+](=O)[O-])cc([N+](=O)[O-])c1)C(NS(=O)(=O)c1ccc(C)cc1)c1ccccc1. The number of amides is 1. The van der Waals surface area contributed by atoms with Crippen molar-refractivity contribution in [3.8, 4) is 0 Å². The zero-order chi connectivity index (χ0) is 28.0. The van der Waals surface area contributed by atoms with Crippen LogP contribution in [0.4, 0.5) is 11.4 Å².